The Labute approximate surface area is 112 Å². The standard InChI is InChI=1S/C11H17N3O4S/c1-9(2)13(3)19(17,18)12-8-10-5-4-6-11(7-10)14(15)16/h4-7,9,12H,8H2,1-3H3. The quantitative estimate of drug-likeness (QED) is 0.630. The van der Waals surface area contributed by atoms with Crippen LogP contribution in [0.15, 0.2) is 24.3 Å². The summed E-state index contributed by atoms with van der Waals surface area (Å²) in [6.45, 7) is 3.53. The molecule has 0 atom stereocenters. The fourth-order valence-corrected chi connectivity index (χ4v) is 2.44. The van der Waals surface area contributed by atoms with Crippen molar-refractivity contribution < 1.29 is 13.3 Å². The van der Waals surface area contributed by atoms with Gasteiger partial charge in [0.25, 0.3) is 15.9 Å². The molecule has 0 unspecified atom stereocenters. The highest BCUT2D eigenvalue weighted by Crippen LogP contribution is 2.13. The Kier molecular flexibility index (Phi) is 4.98. The molecule has 0 aliphatic carbocycles. The van der Waals surface area contributed by atoms with Gasteiger partial charge in [0.1, 0.15) is 0 Å². The molecule has 0 aromatic heterocycles. The SMILES string of the molecule is CC(C)N(C)S(=O)(=O)NCc1cccc([N+](=O)[O-])c1. The first-order valence-corrected chi connectivity index (χ1v) is 7.14. The van der Waals surface area contributed by atoms with E-state index in [0.29, 0.717) is 5.56 Å². The summed E-state index contributed by atoms with van der Waals surface area (Å²) in [6.07, 6.45) is 0. The van der Waals surface area contributed by atoms with Gasteiger partial charge in [0, 0.05) is 31.8 Å². The molecular weight excluding hydrogens is 270 g/mol. The molecule has 0 saturated carbocycles. The van der Waals surface area contributed by atoms with E-state index < -0.39 is 15.1 Å². The minimum absolute atomic E-state index is 0.0150. The van der Waals surface area contributed by atoms with Crippen molar-refractivity contribution >= 4 is 15.9 Å². The van der Waals surface area contributed by atoms with Gasteiger partial charge >= 0.3 is 0 Å². The predicted molar refractivity (Wildman–Crippen MR) is 71.8 cm³/mol. The molecule has 0 saturated heterocycles. The number of hydrogen-bond acceptors (Lipinski definition) is 4. The Hall–Kier alpha value is -1.51. The molecule has 106 valence electrons. The van der Waals surface area contributed by atoms with Crippen molar-refractivity contribution in [3.63, 3.8) is 0 Å². The van der Waals surface area contributed by atoms with Crippen molar-refractivity contribution in [2.45, 2.75) is 26.4 Å². The van der Waals surface area contributed by atoms with Gasteiger partial charge in [-0.1, -0.05) is 12.1 Å². The van der Waals surface area contributed by atoms with Crippen LogP contribution >= 0.6 is 0 Å². The maximum Gasteiger partial charge on any atom is 0.279 e. The van der Waals surface area contributed by atoms with E-state index in [2.05, 4.69) is 4.72 Å². The normalized spacial score (nSPS) is 12.1. The lowest BCUT2D eigenvalue weighted by molar-refractivity contribution is -0.384. The van der Waals surface area contributed by atoms with Gasteiger partial charge in [-0.15, -0.1) is 0 Å². The number of benzene rings is 1. The van der Waals surface area contributed by atoms with E-state index in [-0.39, 0.29) is 18.3 Å². The lowest BCUT2D eigenvalue weighted by atomic mass is 10.2. The summed E-state index contributed by atoms with van der Waals surface area (Å²) < 4.78 is 27.3. The van der Waals surface area contributed by atoms with E-state index in [1.807, 2.05) is 0 Å². The molecule has 1 rings (SSSR count). The largest absolute Gasteiger partial charge is 0.279 e. The molecule has 0 amide bonds. The highest BCUT2D eigenvalue weighted by atomic mass is 32.2. The van der Waals surface area contributed by atoms with Crippen molar-refractivity contribution in [1.29, 1.82) is 0 Å². The number of nitrogens with one attached hydrogen (secondary N) is 1. The van der Waals surface area contributed by atoms with Crippen molar-refractivity contribution in [3.05, 3.63) is 39.9 Å². The molecule has 0 bridgehead atoms. The number of nitrogens with zero attached hydrogens (tertiary/aromatic N) is 2. The highest BCUT2D eigenvalue weighted by molar-refractivity contribution is 7.87. The fourth-order valence-electron chi connectivity index (χ4n) is 1.33. The van der Waals surface area contributed by atoms with E-state index in [0.717, 1.165) is 0 Å². The minimum atomic E-state index is -3.58. The summed E-state index contributed by atoms with van der Waals surface area (Å²) in [5, 5.41) is 10.6. The maximum absolute atomic E-state index is 11.8. The summed E-state index contributed by atoms with van der Waals surface area (Å²) in [5.41, 5.74) is 0.476. The maximum atomic E-state index is 11.8. The van der Waals surface area contributed by atoms with Gasteiger partial charge in [0.05, 0.1) is 4.92 Å². The molecule has 0 fully saturated rings. The topological polar surface area (TPSA) is 92.6 Å². The molecule has 0 aliphatic heterocycles. The van der Waals surface area contributed by atoms with Gasteiger partial charge in [-0.3, -0.25) is 10.1 Å². The number of nitro benzene ring substituents is 1. The van der Waals surface area contributed by atoms with E-state index in [1.54, 1.807) is 19.9 Å². The third-order valence-corrected chi connectivity index (χ3v) is 4.38. The molecule has 0 heterocycles. The first-order chi connectivity index (χ1) is 8.74. The molecule has 0 aliphatic rings. The van der Waals surface area contributed by atoms with E-state index >= 15 is 0 Å². The minimum Gasteiger partial charge on any atom is -0.258 e. The summed E-state index contributed by atoms with van der Waals surface area (Å²) >= 11 is 0. The number of non-ortho nitro benzene ring substituents is 1. The average molecular weight is 287 g/mol. The van der Waals surface area contributed by atoms with Gasteiger partial charge < -0.3 is 0 Å². The Morgan fingerprint density at radius 1 is 1.42 bits per heavy atom. The zero-order valence-electron chi connectivity index (χ0n) is 11.0. The highest BCUT2D eigenvalue weighted by Gasteiger charge is 2.19. The molecule has 1 aromatic carbocycles. The van der Waals surface area contributed by atoms with Crippen LogP contribution in [0.1, 0.15) is 19.4 Å². The smallest absolute Gasteiger partial charge is 0.258 e. The van der Waals surface area contributed by atoms with Crippen LogP contribution in [-0.4, -0.2) is 30.7 Å². The van der Waals surface area contributed by atoms with Crippen LogP contribution in [0, 0.1) is 10.1 Å². The van der Waals surface area contributed by atoms with E-state index in [9.17, 15) is 18.5 Å². The van der Waals surface area contributed by atoms with Crippen LogP contribution < -0.4 is 4.72 Å². The van der Waals surface area contributed by atoms with Crippen molar-refractivity contribution in [2.75, 3.05) is 7.05 Å². The van der Waals surface area contributed by atoms with Crippen LogP contribution in [0.2, 0.25) is 0 Å². The van der Waals surface area contributed by atoms with Gasteiger partial charge in [-0.05, 0) is 19.4 Å². The first-order valence-electron chi connectivity index (χ1n) is 5.70. The molecule has 8 heteroatoms. The molecule has 19 heavy (non-hydrogen) atoms. The second-order valence-corrected chi connectivity index (χ2v) is 6.18. The molecule has 1 aromatic rings. The molecule has 7 nitrogen and oxygen atoms in total. The van der Waals surface area contributed by atoms with Crippen molar-refractivity contribution in [2.24, 2.45) is 0 Å². The van der Waals surface area contributed by atoms with Crippen LogP contribution in [0.5, 0.6) is 0 Å². The van der Waals surface area contributed by atoms with E-state index in [4.69, 9.17) is 0 Å². The van der Waals surface area contributed by atoms with Gasteiger partial charge in [-0.25, -0.2) is 0 Å². The van der Waals surface area contributed by atoms with Crippen molar-refractivity contribution in [3.8, 4) is 0 Å². The number of hydrogen-bond donors (Lipinski definition) is 1. The Bertz CT molecular complexity index is 557. The van der Waals surface area contributed by atoms with E-state index in [1.165, 1.54) is 29.6 Å². The van der Waals surface area contributed by atoms with Crippen LogP contribution in [0.4, 0.5) is 5.69 Å². The Balaban J connectivity index is 2.77. The summed E-state index contributed by atoms with van der Waals surface area (Å²) in [6, 6.07) is 5.69. The third kappa shape index (κ3) is 4.27. The van der Waals surface area contributed by atoms with Gasteiger partial charge in [0.2, 0.25) is 0 Å². The van der Waals surface area contributed by atoms with Crippen LogP contribution in [0.25, 0.3) is 0 Å². The van der Waals surface area contributed by atoms with Crippen molar-refractivity contribution in [1.82, 2.24) is 9.03 Å². The van der Waals surface area contributed by atoms with Gasteiger partial charge in [0.15, 0.2) is 0 Å². The number of nitro groups is 1. The molecule has 1 N–H and O–H groups in total. The second kappa shape index (κ2) is 6.09. The Morgan fingerprint density at radius 2 is 2.05 bits per heavy atom. The lowest BCUT2D eigenvalue weighted by Crippen LogP contribution is -2.41. The zero-order valence-corrected chi connectivity index (χ0v) is 11.8. The van der Waals surface area contributed by atoms with Crippen LogP contribution in [0.3, 0.4) is 0 Å². The number of rotatable bonds is 6. The second-order valence-electron chi connectivity index (χ2n) is 4.36. The van der Waals surface area contributed by atoms with Gasteiger partial charge in [-0.2, -0.15) is 17.4 Å². The average Bonchev–Trinajstić information content (AvgIpc) is 2.35. The fraction of sp³-hybridized carbons (Fsp3) is 0.455. The molecule has 0 radical (unpaired) electrons. The molecule has 0 spiro atoms. The summed E-state index contributed by atoms with van der Waals surface area (Å²) in [4.78, 5) is 10.1. The summed E-state index contributed by atoms with van der Waals surface area (Å²) in [7, 11) is -2.10. The monoisotopic (exact) mass is 287 g/mol. The van der Waals surface area contributed by atoms with Crippen LogP contribution in [-0.2, 0) is 16.8 Å². The third-order valence-electron chi connectivity index (χ3n) is 2.69. The zero-order chi connectivity index (χ0) is 14.6. The lowest BCUT2D eigenvalue weighted by Gasteiger charge is -2.21. The first kappa shape index (κ1) is 15.5. The predicted octanol–water partition coefficient (Wildman–Crippen LogP) is 1.27. The summed E-state index contributed by atoms with van der Waals surface area (Å²) in [5.74, 6) is 0. The Morgan fingerprint density at radius 3 is 2.58 bits per heavy atom. The molecular formula is C11H17N3O4S.